The number of methoxy groups -OCH3 is 1. The van der Waals surface area contributed by atoms with Gasteiger partial charge >= 0.3 is 0 Å². The van der Waals surface area contributed by atoms with Crippen molar-refractivity contribution >= 4 is 38.8 Å². The number of aromatic nitrogens is 1. The fourth-order valence-corrected chi connectivity index (χ4v) is 4.00. The number of hydrazone groups is 1. The maximum absolute atomic E-state index is 13.7. The Labute approximate surface area is 194 Å². The third-order valence-electron chi connectivity index (χ3n) is 4.62. The first kappa shape index (κ1) is 22.4. The molecule has 1 aromatic heterocycles. The second kappa shape index (κ2) is 9.79. The molecule has 33 heavy (non-hydrogen) atoms. The SMILES string of the molecule is COc1ccc(/C=N/N(C(=O)c2ccc(OC(C)C)cc2)c2nc3ccc(F)cc3s2)cc1. The molecule has 0 atom stereocenters. The molecule has 0 aliphatic carbocycles. The van der Waals surface area contributed by atoms with Crippen LogP contribution in [-0.4, -0.2) is 30.3 Å². The van der Waals surface area contributed by atoms with E-state index in [1.165, 1.54) is 28.5 Å². The van der Waals surface area contributed by atoms with Crippen LogP contribution >= 0.6 is 11.3 Å². The number of hydrogen-bond donors (Lipinski definition) is 0. The number of carbonyl (C=O) groups is 1. The number of ether oxygens (including phenoxy) is 2. The molecule has 0 radical (unpaired) electrons. The largest absolute Gasteiger partial charge is 0.497 e. The number of carbonyl (C=O) groups excluding carboxylic acids is 1. The average molecular weight is 464 g/mol. The number of hydrogen-bond acceptors (Lipinski definition) is 6. The van der Waals surface area contributed by atoms with Crippen molar-refractivity contribution in [2.75, 3.05) is 12.1 Å². The van der Waals surface area contributed by atoms with Crippen molar-refractivity contribution in [2.45, 2.75) is 20.0 Å². The van der Waals surface area contributed by atoms with Gasteiger partial charge in [0.2, 0.25) is 5.13 Å². The van der Waals surface area contributed by atoms with Crippen molar-refractivity contribution < 1.29 is 18.7 Å². The normalized spacial score (nSPS) is 11.3. The van der Waals surface area contributed by atoms with Crippen LogP contribution in [-0.2, 0) is 0 Å². The van der Waals surface area contributed by atoms with Crippen LogP contribution in [0.3, 0.4) is 0 Å². The highest BCUT2D eigenvalue weighted by Crippen LogP contribution is 2.31. The van der Waals surface area contributed by atoms with Gasteiger partial charge in [0.25, 0.3) is 5.91 Å². The second-order valence-electron chi connectivity index (χ2n) is 7.43. The second-order valence-corrected chi connectivity index (χ2v) is 8.44. The highest BCUT2D eigenvalue weighted by molar-refractivity contribution is 7.22. The van der Waals surface area contributed by atoms with Gasteiger partial charge < -0.3 is 9.47 Å². The molecule has 0 spiro atoms. The van der Waals surface area contributed by atoms with Crippen LogP contribution in [0, 0.1) is 5.82 Å². The molecule has 0 fully saturated rings. The van der Waals surface area contributed by atoms with E-state index in [1.54, 1.807) is 55.8 Å². The third-order valence-corrected chi connectivity index (χ3v) is 5.62. The summed E-state index contributed by atoms with van der Waals surface area (Å²) in [5, 5.41) is 5.99. The Morgan fingerprint density at radius 1 is 1.06 bits per heavy atom. The third kappa shape index (κ3) is 5.35. The van der Waals surface area contributed by atoms with E-state index in [2.05, 4.69) is 10.1 Å². The zero-order valence-electron chi connectivity index (χ0n) is 18.4. The summed E-state index contributed by atoms with van der Waals surface area (Å²) in [5.74, 6) is 0.663. The molecular weight excluding hydrogens is 441 g/mol. The lowest BCUT2D eigenvalue weighted by molar-refractivity contribution is 0.0988. The maximum atomic E-state index is 13.7. The van der Waals surface area contributed by atoms with E-state index in [1.807, 2.05) is 26.0 Å². The molecule has 168 valence electrons. The van der Waals surface area contributed by atoms with Crippen molar-refractivity contribution in [3.8, 4) is 11.5 Å². The number of benzene rings is 3. The van der Waals surface area contributed by atoms with Gasteiger partial charge in [-0.25, -0.2) is 9.37 Å². The summed E-state index contributed by atoms with van der Waals surface area (Å²) in [6.07, 6.45) is 1.60. The Hall–Kier alpha value is -3.78. The summed E-state index contributed by atoms with van der Waals surface area (Å²) in [4.78, 5) is 17.9. The molecule has 0 saturated carbocycles. The van der Waals surface area contributed by atoms with Gasteiger partial charge in [-0.1, -0.05) is 11.3 Å². The van der Waals surface area contributed by atoms with Crippen molar-refractivity contribution in [2.24, 2.45) is 5.10 Å². The molecule has 3 aromatic carbocycles. The summed E-state index contributed by atoms with van der Waals surface area (Å²) in [7, 11) is 1.59. The predicted octanol–water partition coefficient (Wildman–Crippen LogP) is 5.91. The molecular formula is C25H22FN3O3S. The molecule has 0 aliphatic heterocycles. The van der Waals surface area contributed by atoms with E-state index in [-0.39, 0.29) is 17.8 Å². The lowest BCUT2D eigenvalue weighted by Gasteiger charge is -2.15. The minimum atomic E-state index is -0.365. The fourth-order valence-electron chi connectivity index (χ4n) is 3.05. The fraction of sp³-hybridized carbons (Fsp3) is 0.160. The number of rotatable bonds is 7. The average Bonchev–Trinajstić information content (AvgIpc) is 3.22. The van der Waals surface area contributed by atoms with Gasteiger partial charge in [0.15, 0.2) is 0 Å². The van der Waals surface area contributed by atoms with Crippen molar-refractivity contribution in [3.63, 3.8) is 0 Å². The molecule has 4 aromatic rings. The van der Waals surface area contributed by atoms with E-state index in [0.29, 0.717) is 26.7 Å². The van der Waals surface area contributed by atoms with E-state index in [9.17, 15) is 9.18 Å². The number of anilines is 1. The highest BCUT2D eigenvalue weighted by atomic mass is 32.1. The summed E-state index contributed by atoms with van der Waals surface area (Å²) in [5.41, 5.74) is 1.79. The number of nitrogens with zero attached hydrogens (tertiary/aromatic N) is 3. The summed E-state index contributed by atoms with van der Waals surface area (Å²) in [6.45, 7) is 3.87. The molecule has 4 rings (SSSR count). The lowest BCUT2D eigenvalue weighted by Crippen LogP contribution is -2.25. The Kier molecular flexibility index (Phi) is 6.65. The molecule has 0 saturated heterocycles. The van der Waals surface area contributed by atoms with Crippen LogP contribution in [0.4, 0.5) is 9.52 Å². The Balaban J connectivity index is 1.69. The van der Waals surface area contributed by atoms with Gasteiger partial charge in [-0.15, -0.1) is 0 Å². The van der Waals surface area contributed by atoms with Gasteiger partial charge in [-0.05, 0) is 86.1 Å². The Morgan fingerprint density at radius 3 is 2.42 bits per heavy atom. The van der Waals surface area contributed by atoms with Gasteiger partial charge in [-0.2, -0.15) is 10.1 Å². The molecule has 1 amide bonds. The molecule has 6 nitrogen and oxygen atoms in total. The lowest BCUT2D eigenvalue weighted by atomic mass is 10.2. The van der Waals surface area contributed by atoms with Gasteiger partial charge in [0.05, 0.1) is 29.6 Å². The minimum absolute atomic E-state index is 0.0280. The predicted molar refractivity (Wildman–Crippen MR) is 129 cm³/mol. The number of thiazole rings is 1. The monoisotopic (exact) mass is 463 g/mol. The number of fused-ring (bicyclic) bond motifs is 1. The first-order chi connectivity index (χ1) is 15.9. The molecule has 0 unspecified atom stereocenters. The molecule has 0 bridgehead atoms. The molecule has 0 aliphatic rings. The molecule has 0 N–H and O–H groups in total. The van der Waals surface area contributed by atoms with Crippen LogP contribution in [0.2, 0.25) is 0 Å². The highest BCUT2D eigenvalue weighted by Gasteiger charge is 2.21. The Bertz CT molecular complexity index is 1280. The zero-order valence-corrected chi connectivity index (χ0v) is 19.2. The van der Waals surface area contributed by atoms with Crippen molar-refractivity contribution in [1.82, 2.24) is 4.98 Å². The first-order valence-corrected chi connectivity index (χ1v) is 11.1. The van der Waals surface area contributed by atoms with Gasteiger partial charge in [0.1, 0.15) is 17.3 Å². The Morgan fingerprint density at radius 2 is 1.76 bits per heavy atom. The van der Waals surface area contributed by atoms with Gasteiger partial charge in [-0.3, -0.25) is 4.79 Å². The summed E-state index contributed by atoms with van der Waals surface area (Å²) < 4.78 is 25.1. The van der Waals surface area contributed by atoms with E-state index >= 15 is 0 Å². The van der Waals surface area contributed by atoms with Crippen LogP contribution in [0.15, 0.2) is 71.8 Å². The summed E-state index contributed by atoms with van der Waals surface area (Å²) in [6, 6.07) is 18.4. The number of halogens is 1. The van der Waals surface area contributed by atoms with Gasteiger partial charge in [0, 0.05) is 5.56 Å². The van der Waals surface area contributed by atoms with Crippen LogP contribution in [0.5, 0.6) is 11.5 Å². The van der Waals surface area contributed by atoms with E-state index in [4.69, 9.17) is 9.47 Å². The molecule has 8 heteroatoms. The van der Waals surface area contributed by atoms with E-state index in [0.717, 1.165) is 11.3 Å². The van der Waals surface area contributed by atoms with Crippen LogP contribution in [0.25, 0.3) is 10.2 Å². The number of amides is 1. The first-order valence-electron chi connectivity index (χ1n) is 10.3. The van der Waals surface area contributed by atoms with Crippen LogP contribution < -0.4 is 14.5 Å². The maximum Gasteiger partial charge on any atom is 0.280 e. The smallest absolute Gasteiger partial charge is 0.280 e. The standard InChI is InChI=1S/C25H22FN3O3S/c1-16(2)32-21-11-6-18(7-12-21)24(30)29(27-15-17-4-9-20(31-3)10-5-17)25-28-22-13-8-19(26)14-23(22)33-25/h4-16H,1-3H3/b27-15+. The van der Waals surface area contributed by atoms with Crippen LogP contribution in [0.1, 0.15) is 29.8 Å². The zero-order chi connectivity index (χ0) is 23.4. The topological polar surface area (TPSA) is 64.0 Å². The summed E-state index contributed by atoms with van der Waals surface area (Å²) >= 11 is 1.19. The molecule has 1 heterocycles. The minimum Gasteiger partial charge on any atom is -0.497 e. The van der Waals surface area contributed by atoms with E-state index < -0.39 is 0 Å². The quantitative estimate of drug-likeness (QED) is 0.252. The van der Waals surface area contributed by atoms with Crippen molar-refractivity contribution in [3.05, 3.63) is 83.7 Å². The van der Waals surface area contributed by atoms with Crippen molar-refractivity contribution in [1.29, 1.82) is 0 Å².